The highest BCUT2D eigenvalue weighted by molar-refractivity contribution is 9.10. The van der Waals surface area contributed by atoms with Crippen LogP contribution in [-0.4, -0.2) is 46.8 Å². The zero-order chi connectivity index (χ0) is 19.4. The minimum atomic E-state index is -0.431. The summed E-state index contributed by atoms with van der Waals surface area (Å²) in [6.07, 6.45) is 7.44. The van der Waals surface area contributed by atoms with E-state index in [1.54, 1.807) is 35.5 Å². The van der Waals surface area contributed by atoms with Gasteiger partial charge in [-0.15, -0.1) is 0 Å². The Balaban J connectivity index is 1.62. The monoisotopic (exact) mass is 435 g/mol. The van der Waals surface area contributed by atoms with Crippen molar-refractivity contribution in [3.63, 3.8) is 0 Å². The van der Waals surface area contributed by atoms with Gasteiger partial charge >= 0.3 is 5.97 Å². The molecule has 8 heteroatoms. The lowest BCUT2D eigenvalue weighted by molar-refractivity contribution is -0.148. The van der Waals surface area contributed by atoms with E-state index in [1.165, 1.54) is 23.9 Å². The van der Waals surface area contributed by atoms with Gasteiger partial charge in [-0.25, -0.2) is 9.07 Å². The molecule has 0 spiro atoms. The van der Waals surface area contributed by atoms with Crippen LogP contribution in [0.2, 0.25) is 0 Å². The molecule has 0 bridgehead atoms. The maximum Gasteiger partial charge on any atom is 0.308 e. The molecule has 1 aromatic heterocycles. The number of methoxy groups -OCH3 is 1. The fourth-order valence-corrected chi connectivity index (χ4v) is 3.31. The molecular weight excluding hydrogens is 417 g/mol. The van der Waals surface area contributed by atoms with Gasteiger partial charge in [-0.1, -0.05) is 6.07 Å². The largest absolute Gasteiger partial charge is 0.469 e. The Hall–Kier alpha value is -2.48. The molecule has 0 aliphatic carbocycles. The minimum Gasteiger partial charge on any atom is -0.469 e. The lowest BCUT2D eigenvalue weighted by Crippen LogP contribution is -2.39. The van der Waals surface area contributed by atoms with Crippen molar-refractivity contribution >= 4 is 33.9 Å². The molecule has 142 valence electrons. The van der Waals surface area contributed by atoms with Gasteiger partial charge in [-0.3, -0.25) is 9.59 Å². The predicted molar refractivity (Wildman–Crippen MR) is 102 cm³/mol. The van der Waals surface area contributed by atoms with E-state index in [-0.39, 0.29) is 17.8 Å². The topological polar surface area (TPSA) is 64.4 Å². The number of benzene rings is 1. The second-order valence-corrected chi connectivity index (χ2v) is 7.19. The standard InChI is InChI=1S/C19H19BrFN3O3/c1-27-19(26)14-6-8-23(9-7-14)18(25)5-3-13-2-4-17(16(21)10-13)24-12-15(20)11-22-24/h2-5,10-12,14H,6-9H2,1H3/b5-3+. The molecule has 1 aromatic carbocycles. The van der Waals surface area contributed by atoms with Gasteiger partial charge in [0.1, 0.15) is 11.5 Å². The summed E-state index contributed by atoms with van der Waals surface area (Å²) in [5, 5.41) is 4.05. The molecule has 27 heavy (non-hydrogen) atoms. The SMILES string of the molecule is COC(=O)C1CCN(C(=O)/C=C/c2ccc(-n3cc(Br)cn3)c(F)c2)CC1. The minimum absolute atomic E-state index is 0.146. The molecule has 2 heterocycles. The smallest absolute Gasteiger partial charge is 0.308 e. The fourth-order valence-electron chi connectivity index (χ4n) is 3.02. The van der Waals surface area contributed by atoms with E-state index in [4.69, 9.17) is 4.74 Å². The molecule has 0 unspecified atom stereocenters. The van der Waals surface area contributed by atoms with Gasteiger partial charge in [-0.2, -0.15) is 5.10 Å². The van der Waals surface area contributed by atoms with E-state index < -0.39 is 5.82 Å². The van der Waals surface area contributed by atoms with Crippen LogP contribution in [0.4, 0.5) is 4.39 Å². The average molecular weight is 436 g/mol. The fraction of sp³-hybridized carbons (Fsp3) is 0.316. The molecule has 1 aliphatic heterocycles. The quantitative estimate of drug-likeness (QED) is 0.546. The number of carbonyl (C=O) groups is 2. The molecule has 0 radical (unpaired) electrons. The lowest BCUT2D eigenvalue weighted by Gasteiger charge is -2.29. The summed E-state index contributed by atoms with van der Waals surface area (Å²) in [4.78, 5) is 25.5. The Kier molecular flexibility index (Phi) is 6.05. The molecule has 1 fully saturated rings. The van der Waals surface area contributed by atoms with Crippen LogP contribution in [0.15, 0.2) is 41.1 Å². The van der Waals surface area contributed by atoms with Crippen LogP contribution < -0.4 is 0 Å². The number of amides is 1. The van der Waals surface area contributed by atoms with E-state index in [2.05, 4.69) is 21.0 Å². The number of likely N-dealkylation sites (tertiary alicyclic amines) is 1. The number of carbonyl (C=O) groups excluding carboxylic acids is 2. The molecule has 1 aliphatic rings. The first-order valence-corrected chi connectivity index (χ1v) is 9.32. The number of rotatable bonds is 4. The summed E-state index contributed by atoms with van der Waals surface area (Å²) in [5.41, 5.74) is 0.911. The molecule has 2 aromatic rings. The van der Waals surface area contributed by atoms with Crippen LogP contribution in [0.3, 0.4) is 0 Å². The third-order valence-electron chi connectivity index (χ3n) is 4.53. The number of esters is 1. The maximum absolute atomic E-state index is 14.3. The van der Waals surface area contributed by atoms with Gasteiger partial charge in [-0.05, 0) is 52.5 Å². The van der Waals surface area contributed by atoms with Crippen molar-refractivity contribution in [3.05, 3.63) is 52.5 Å². The number of ether oxygens (including phenoxy) is 1. The average Bonchev–Trinajstić information content (AvgIpc) is 3.11. The van der Waals surface area contributed by atoms with E-state index in [9.17, 15) is 14.0 Å². The van der Waals surface area contributed by atoms with Gasteiger partial charge in [0.2, 0.25) is 5.91 Å². The molecule has 1 amide bonds. The Morgan fingerprint density at radius 3 is 2.67 bits per heavy atom. The summed E-state index contributed by atoms with van der Waals surface area (Å²) in [5.74, 6) is -0.956. The normalized spacial score (nSPS) is 15.3. The van der Waals surface area contributed by atoms with Crippen LogP contribution in [0.25, 0.3) is 11.8 Å². The van der Waals surface area contributed by atoms with E-state index in [0.717, 1.165) is 4.47 Å². The van der Waals surface area contributed by atoms with Gasteiger partial charge in [0, 0.05) is 25.4 Å². The van der Waals surface area contributed by atoms with Gasteiger partial charge in [0.05, 0.1) is 23.7 Å². The highest BCUT2D eigenvalue weighted by atomic mass is 79.9. The molecule has 0 saturated carbocycles. The summed E-state index contributed by atoms with van der Waals surface area (Å²) >= 11 is 3.28. The molecule has 6 nitrogen and oxygen atoms in total. The molecule has 1 saturated heterocycles. The van der Waals surface area contributed by atoms with Crippen molar-refractivity contribution in [1.82, 2.24) is 14.7 Å². The third-order valence-corrected chi connectivity index (χ3v) is 4.94. The van der Waals surface area contributed by atoms with Gasteiger partial charge in [0.25, 0.3) is 0 Å². The van der Waals surface area contributed by atoms with Crippen molar-refractivity contribution in [2.45, 2.75) is 12.8 Å². The van der Waals surface area contributed by atoms with Crippen molar-refractivity contribution in [1.29, 1.82) is 0 Å². The summed E-state index contributed by atoms with van der Waals surface area (Å²) < 4.78 is 21.3. The van der Waals surface area contributed by atoms with Crippen LogP contribution in [0, 0.1) is 11.7 Å². The van der Waals surface area contributed by atoms with Crippen LogP contribution in [0.1, 0.15) is 18.4 Å². The molecule has 3 rings (SSSR count). The van der Waals surface area contributed by atoms with Crippen molar-refractivity contribution < 1.29 is 18.7 Å². The number of hydrogen-bond donors (Lipinski definition) is 0. The summed E-state index contributed by atoms with van der Waals surface area (Å²) in [6.45, 7) is 1.01. The maximum atomic E-state index is 14.3. The Morgan fingerprint density at radius 1 is 1.33 bits per heavy atom. The van der Waals surface area contributed by atoms with E-state index in [1.807, 2.05) is 0 Å². The molecule has 0 N–H and O–H groups in total. The zero-order valence-electron chi connectivity index (χ0n) is 14.8. The Bertz CT molecular complexity index is 873. The first kappa shape index (κ1) is 19.3. The highest BCUT2D eigenvalue weighted by Crippen LogP contribution is 2.20. The summed E-state index contributed by atoms with van der Waals surface area (Å²) in [6, 6.07) is 4.69. The van der Waals surface area contributed by atoms with E-state index >= 15 is 0 Å². The number of hydrogen-bond acceptors (Lipinski definition) is 4. The van der Waals surface area contributed by atoms with Crippen LogP contribution in [0.5, 0.6) is 0 Å². The zero-order valence-corrected chi connectivity index (χ0v) is 16.4. The Labute approximate surface area is 164 Å². The van der Waals surface area contributed by atoms with Gasteiger partial charge < -0.3 is 9.64 Å². The van der Waals surface area contributed by atoms with Crippen LogP contribution in [-0.2, 0) is 14.3 Å². The number of piperidine rings is 1. The second kappa shape index (κ2) is 8.47. The second-order valence-electron chi connectivity index (χ2n) is 6.27. The van der Waals surface area contributed by atoms with Crippen molar-refractivity contribution in [2.24, 2.45) is 5.92 Å². The molecule has 0 atom stereocenters. The summed E-state index contributed by atoms with van der Waals surface area (Å²) in [7, 11) is 1.37. The van der Waals surface area contributed by atoms with Crippen LogP contribution >= 0.6 is 15.9 Å². The van der Waals surface area contributed by atoms with E-state index in [0.29, 0.717) is 37.2 Å². The number of halogens is 2. The number of nitrogens with zero attached hydrogens (tertiary/aromatic N) is 3. The van der Waals surface area contributed by atoms with Crippen molar-refractivity contribution in [3.8, 4) is 5.69 Å². The Morgan fingerprint density at radius 2 is 2.07 bits per heavy atom. The first-order valence-electron chi connectivity index (χ1n) is 8.53. The van der Waals surface area contributed by atoms with Crippen molar-refractivity contribution in [2.75, 3.05) is 20.2 Å². The predicted octanol–water partition coefficient (Wildman–Crippen LogP) is 3.20. The molecular formula is C19H19BrFN3O3. The first-order chi connectivity index (χ1) is 13.0. The highest BCUT2D eigenvalue weighted by Gasteiger charge is 2.26. The number of aromatic nitrogens is 2. The lowest BCUT2D eigenvalue weighted by atomic mass is 9.97. The third kappa shape index (κ3) is 4.63. The van der Waals surface area contributed by atoms with Gasteiger partial charge in [0.15, 0.2) is 0 Å².